The second-order valence-corrected chi connectivity index (χ2v) is 3.99. The molecule has 1 aromatic rings. The molecule has 0 bridgehead atoms. The fraction of sp³-hybridized carbons (Fsp3) is 0.357. The number of benzene rings is 1. The van der Waals surface area contributed by atoms with E-state index in [1.54, 1.807) is 25.3 Å². The SMILES string of the molecule is C=CCc1cc(C=O)cc(OC)c1OC(C)C. The highest BCUT2D eigenvalue weighted by molar-refractivity contribution is 5.77. The molecule has 0 radical (unpaired) electrons. The molecule has 0 heterocycles. The van der Waals surface area contributed by atoms with Gasteiger partial charge < -0.3 is 9.47 Å². The number of carbonyl (C=O) groups excluding carboxylic acids is 1. The number of allylic oxidation sites excluding steroid dienone is 1. The molecule has 0 aliphatic rings. The number of hydrogen-bond acceptors (Lipinski definition) is 3. The van der Waals surface area contributed by atoms with Gasteiger partial charge in [0.15, 0.2) is 11.5 Å². The normalized spacial score (nSPS) is 10.1. The molecule has 0 aliphatic heterocycles. The van der Waals surface area contributed by atoms with Gasteiger partial charge in [0, 0.05) is 11.1 Å². The second kappa shape index (κ2) is 6.09. The highest BCUT2D eigenvalue weighted by atomic mass is 16.5. The van der Waals surface area contributed by atoms with Crippen molar-refractivity contribution in [1.29, 1.82) is 0 Å². The van der Waals surface area contributed by atoms with E-state index in [1.807, 2.05) is 13.8 Å². The van der Waals surface area contributed by atoms with Gasteiger partial charge in [-0.3, -0.25) is 4.79 Å². The van der Waals surface area contributed by atoms with E-state index in [9.17, 15) is 4.79 Å². The largest absolute Gasteiger partial charge is 0.493 e. The summed E-state index contributed by atoms with van der Waals surface area (Å²) < 4.78 is 11.0. The van der Waals surface area contributed by atoms with Gasteiger partial charge in [0.05, 0.1) is 13.2 Å². The minimum Gasteiger partial charge on any atom is -0.493 e. The molecule has 3 heteroatoms. The van der Waals surface area contributed by atoms with E-state index in [1.165, 1.54) is 0 Å². The summed E-state index contributed by atoms with van der Waals surface area (Å²) in [7, 11) is 1.56. The number of hydrogen-bond donors (Lipinski definition) is 0. The second-order valence-electron chi connectivity index (χ2n) is 3.99. The van der Waals surface area contributed by atoms with Crippen molar-refractivity contribution in [2.24, 2.45) is 0 Å². The third-order valence-corrected chi connectivity index (χ3v) is 2.23. The fourth-order valence-corrected chi connectivity index (χ4v) is 1.58. The Kier molecular flexibility index (Phi) is 4.76. The molecule has 0 amide bonds. The van der Waals surface area contributed by atoms with Crippen LogP contribution in [0.25, 0.3) is 0 Å². The van der Waals surface area contributed by atoms with Crippen LogP contribution in [-0.2, 0) is 6.42 Å². The van der Waals surface area contributed by atoms with Crippen molar-refractivity contribution < 1.29 is 14.3 Å². The third-order valence-electron chi connectivity index (χ3n) is 2.23. The summed E-state index contributed by atoms with van der Waals surface area (Å²) in [5, 5.41) is 0. The van der Waals surface area contributed by atoms with Crippen LogP contribution in [0.4, 0.5) is 0 Å². The molecule has 0 saturated heterocycles. The Hall–Kier alpha value is -1.77. The third kappa shape index (κ3) is 3.34. The average Bonchev–Trinajstić information content (AvgIpc) is 2.30. The maximum atomic E-state index is 10.8. The van der Waals surface area contributed by atoms with Gasteiger partial charge >= 0.3 is 0 Å². The first kappa shape index (κ1) is 13.3. The maximum absolute atomic E-state index is 10.8. The van der Waals surface area contributed by atoms with Gasteiger partial charge in [0.1, 0.15) is 6.29 Å². The number of methoxy groups -OCH3 is 1. The van der Waals surface area contributed by atoms with Gasteiger partial charge in [-0.25, -0.2) is 0 Å². The molecule has 0 aliphatic carbocycles. The number of rotatable bonds is 6. The lowest BCUT2D eigenvalue weighted by atomic mass is 10.1. The molecule has 0 atom stereocenters. The van der Waals surface area contributed by atoms with E-state index < -0.39 is 0 Å². The zero-order valence-corrected chi connectivity index (χ0v) is 10.5. The van der Waals surface area contributed by atoms with Gasteiger partial charge in [-0.1, -0.05) is 6.08 Å². The summed E-state index contributed by atoms with van der Waals surface area (Å²) in [5.74, 6) is 1.27. The van der Waals surface area contributed by atoms with Gasteiger partial charge in [0.25, 0.3) is 0 Å². The summed E-state index contributed by atoms with van der Waals surface area (Å²) >= 11 is 0. The quantitative estimate of drug-likeness (QED) is 0.560. The van der Waals surface area contributed by atoms with Crippen LogP contribution < -0.4 is 9.47 Å². The molecule has 3 nitrogen and oxygen atoms in total. The fourth-order valence-electron chi connectivity index (χ4n) is 1.58. The Labute approximate surface area is 102 Å². The minimum absolute atomic E-state index is 0.0505. The summed E-state index contributed by atoms with van der Waals surface area (Å²) in [6, 6.07) is 3.48. The molecule has 0 fully saturated rings. The molecular weight excluding hydrogens is 216 g/mol. The predicted octanol–water partition coefficient (Wildman–Crippen LogP) is 3.02. The number of carbonyl (C=O) groups is 1. The van der Waals surface area contributed by atoms with E-state index >= 15 is 0 Å². The van der Waals surface area contributed by atoms with Crippen LogP contribution in [0.15, 0.2) is 24.8 Å². The molecule has 0 spiro atoms. The molecule has 0 saturated carbocycles. The Balaban J connectivity index is 3.28. The van der Waals surface area contributed by atoms with E-state index in [0.717, 1.165) is 11.8 Å². The lowest BCUT2D eigenvalue weighted by Gasteiger charge is -2.17. The van der Waals surface area contributed by atoms with E-state index in [0.29, 0.717) is 23.5 Å². The molecule has 0 N–H and O–H groups in total. The minimum atomic E-state index is 0.0505. The van der Waals surface area contributed by atoms with Crippen LogP contribution in [0.3, 0.4) is 0 Å². The molecular formula is C14H18O3. The summed E-state index contributed by atoms with van der Waals surface area (Å²) in [6.45, 7) is 7.60. The summed E-state index contributed by atoms with van der Waals surface area (Å²) in [5.41, 5.74) is 1.49. The lowest BCUT2D eigenvalue weighted by Crippen LogP contribution is -2.09. The first-order valence-corrected chi connectivity index (χ1v) is 5.56. The van der Waals surface area contributed by atoms with Crippen molar-refractivity contribution >= 4 is 6.29 Å². The first-order valence-electron chi connectivity index (χ1n) is 5.56. The monoisotopic (exact) mass is 234 g/mol. The van der Waals surface area contributed by atoms with Crippen molar-refractivity contribution in [2.45, 2.75) is 26.4 Å². The van der Waals surface area contributed by atoms with Gasteiger partial charge in [-0.15, -0.1) is 6.58 Å². The average molecular weight is 234 g/mol. The zero-order valence-electron chi connectivity index (χ0n) is 10.5. The Morgan fingerprint density at radius 1 is 1.41 bits per heavy atom. The van der Waals surface area contributed by atoms with Crippen LogP contribution in [0.5, 0.6) is 11.5 Å². The van der Waals surface area contributed by atoms with Crippen molar-refractivity contribution in [2.75, 3.05) is 7.11 Å². The topological polar surface area (TPSA) is 35.5 Å². The van der Waals surface area contributed by atoms with Crippen LogP contribution in [0.2, 0.25) is 0 Å². The summed E-state index contributed by atoms with van der Waals surface area (Å²) in [4.78, 5) is 10.8. The molecule has 92 valence electrons. The van der Waals surface area contributed by atoms with Gasteiger partial charge in [0.2, 0.25) is 0 Å². The molecule has 1 rings (SSSR count). The van der Waals surface area contributed by atoms with Crippen LogP contribution in [0, 0.1) is 0 Å². The Bertz CT molecular complexity index is 408. The predicted molar refractivity (Wildman–Crippen MR) is 68.0 cm³/mol. The lowest BCUT2D eigenvalue weighted by molar-refractivity contribution is 0.112. The van der Waals surface area contributed by atoms with Crippen molar-refractivity contribution in [3.05, 3.63) is 35.9 Å². The molecule has 0 unspecified atom stereocenters. The standard InChI is InChI=1S/C14H18O3/c1-5-6-12-7-11(9-15)8-13(16-4)14(12)17-10(2)3/h5,7-10H,1,6H2,2-4H3. The number of aldehydes is 1. The maximum Gasteiger partial charge on any atom is 0.165 e. The smallest absolute Gasteiger partial charge is 0.165 e. The first-order chi connectivity index (χ1) is 8.12. The highest BCUT2D eigenvalue weighted by Gasteiger charge is 2.13. The summed E-state index contributed by atoms with van der Waals surface area (Å²) in [6.07, 6.45) is 3.26. The van der Waals surface area contributed by atoms with Crippen LogP contribution >= 0.6 is 0 Å². The molecule has 1 aromatic carbocycles. The van der Waals surface area contributed by atoms with Gasteiger partial charge in [-0.05, 0) is 32.4 Å². The highest BCUT2D eigenvalue weighted by Crippen LogP contribution is 2.33. The van der Waals surface area contributed by atoms with Crippen molar-refractivity contribution in [3.63, 3.8) is 0 Å². The van der Waals surface area contributed by atoms with E-state index in [4.69, 9.17) is 9.47 Å². The van der Waals surface area contributed by atoms with E-state index in [2.05, 4.69) is 6.58 Å². The molecule has 17 heavy (non-hydrogen) atoms. The Morgan fingerprint density at radius 3 is 2.59 bits per heavy atom. The number of ether oxygens (including phenoxy) is 2. The van der Waals surface area contributed by atoms with E-state index in [-0.39, 0.29) is 6.10 Å². The van der Waals surface area contributed by atoms with Crippen LogP contribution in [-0.4, -0.2) is 19.5 Å². The van der Waals surface area contributed by atoms with Crippen LogP contribution in [0.1, 0.15) is 29.8 Å². The Morgan fingerprint density at radius 2 is 2.12 bits per heavy atom. The van der Waals surface area contributed by atoms with Crippen molar-refractivity contribution in [1.82, 2.24) is 0 Å². The zero-order chi connectivity index (χ0) is 12.8. The molecule has 0 aromatic heterocycles. The van der Waals surface area contributed by atoms with Crippen molar-refractivity contribution in [3.8, 4) is 11.5 Å². The van der Waals surface area contributed by atoms with Gasteiger partial charge in [-0.2, -0.15) is 0 Å².